The van der Waals surface area contributed by atoms with Crippen LogP contribution in [0.25, 0.3) is 0 Å². The number of rotatable bonds is 5. The molecule has 0 aliphatic carbocycles. The number of hydrogen-bond acceptors (Lipinski definition) is 3. The fraction of sp³-hybridized carbons (Fsp3) is 0.444. The van der Waals surface area contributed by atoms with Gasteiger partial charge in [0.15, 0.2) is 0 Å². The van der Waals surface area contributed by atoms with Gasteiger partial charge in [-0.2, -0.15) is 0 Å². The van der Waals surface area contributed by atoms with E-state index in [-0.39, 0.29) is 5.78 Å². The Morgan fingerprint density at radius 3 is 2.07 bits per heavy atom. The van der Waals surface area contributed by atoms with Crippen LogP contribution in [0.1, 0.15) is 20.3 Å². The molecule has 0 aromatic carbocycles. The molecule has 0 aliphatic rings. The van der Waals surface area contributed by atoms with Gasteiger partial charge in [-0.15, -0.1) is 0 Å². The van der Waals surface area contributed by atoms with E-state index in [1.165, 1.54) is 0 Å². The van der Waals surface area contributed by atoms with E-state index in [9.17, 15) is 14.4 Å². The molecule has 0 saturated heterocycles. The quantitative estimate of drug-likeness (QED) is 0.448. The number of hydrogen-bond donors (Lipinski definition) is 1. The summed E-state index contributed by atoms with van der Waals surface area (Å²) >= 11 is -1.20. The maximum atomic E-state index is 11.2. The Hall–Kier alpha value is -0.827. The van der Waals surface area contributed by atoms with Crippen molar-refractivity contribution in [3.63, 3.8) is 0 Å². The fourth-order valence-electron chi connectivity index (χ4n) is 0.695. The van der Waals surface area contributed by atoms with Crippen LogP contribution in [0.3, 0.4) is 0 Å². The van der Waals surface area contributed by atoms with E-state index in [1.54, 1.807) is 0 Å². The number of carbonyl (C=O) groups excluding carboxylic acids is 2. The molecular formula is C9H13O4Rh. The molecule has 4 nitrogen and oxygen atoms in total. The Morgan fingerprint density at radius 1 is 1.21 bits per heavy atom. The molecule has 0 bridgehead atoms. The topological polar surface area (TPSA) is 71.4 Å². The molecule has 0 rings (SSSR count). The molecule has 0 amide bonds. The van der Waals surface area contributed by atoms with Crippen molar-refractivity contribution in [1.82, 2.24) is 0 Å². The zero-order chi connectivity index (χ0) is 11.1. The Balaban J connectivity index is 4.26. The molecule has 1 N–H and O–H groups in total. The summed E-state index contributed by atoms with van der Waals surface area (Å²) in [5, 5.41) is 8.60. The molecule has 0 unspecified atom stereocenters. The first-order chi connectivity index (χ1) is 6.51. The summed E-state index contributed by atoms with van der Waals surface area (Å²) in [6.07, 6.45) is -0.474. The monoisotopic (exact) mass is 288 g/mol. The molecule has 82 valence electrons. The Labute approximate surface area is 86.9 Å². The second-order valence-corrected chi connectivity index (χ2v) is 6.69. The number of carboxylic acids is 1. The Morgan fingerprint density at radius 2 is 1.71 bits per heavy atom. The van der Waals surface area contributed by atoms with E-state index in [0.29, 0.717) is 5.02 Å². The summed E-state index contributed by atoms with van der Waals surface area (Å²) in [5.74, 6) is -2.83. The van der Waals surface area contributed by atoms with Gasteiger partial charge in [0, 0.05) is 0 Å². The summed E-state index contributed by atoms with van der Waals surface area (Å²) in [6, 6.07) is 0. The predicted molar refractivity (Wildman–Crippen MR) is 50.5 cm³/mol. The molecule has 5 heteroatoms. The van der Waals surface area contributed by atoms with Crippen LogP contribution in [0.2, 0.25) is 5.02 Å². The third-order valence-electron chi connectivity index (χ3n) is 1.36. The van der Waals surface area contributed by atoms with Crippen molar-refractivity contribution >= 4 is 26.8 Å². The van der Waals surface area contributed by atoms with Gasteiger partial charge in [0.25, 0.3) is 0 Å². The number of Topliss-reactive ketones (excluding diaryl/α,β-unsaturated/α-hetero) is 2. The average Bonchev–Trinajstić information content (AvgIpc) is 2.13. The van der Waals surface area contributed by atoms with Gasteiger partial charge in [-0.25, -0.2) is 0 Å². The van der Waals surface area contributed by atoms with Crippen molar-refractivity contribution < 1.29 is 34.5 Å². The summed E-state index contributed by atoms with van der Waals surface area (Å²) < 4.78 is 3.93. The van der Waals surface area contributed by atoms with Crippen LogP contribution in [0.15, 0.2) is 0 Å². The van der Waals surface area contributed by atoms with E-state index >= 15 is 0 Å². The van der Waals surface area contributed by atoms with Crippen LogP contribution in [-0.2, 0) is 29.4 Å². The zero-order valence-electron chi connectivity index (χ0n) is 8.07. The van der Waals surface area contributed by atoms with Gasteiger partial charge >= 0.3 is 86.6 Å². The third kappa shape index (κ3) is 5.02. The summed E-state index contributed by atoms with van der Waals surface area (Å²) in [4.78, 5) is 32.0. The van der Waals surface area contributed by atoms with Crippen LogP contribution >= 0.6 is 0 Å². The van der Waals surface area contributed by atoms with Crippen molar-refractivity contribution in [3.05, 3.63) is 0 Å². The maximum absolute atomic E-state index is 11.2. The third-order valence-corrected chi connectivity index (χ3v) is 5.10. The SMILES string of the molecule is C/[CH]=[Rh](=[CH]\C)\[CH2]C(=O)CC(=O)C(=O)O. The number of carboxylic acid groups (broad SMARTS) is 1. The van der Waals surface area contributed by atoms with Crippen LogP contribution < -0.4 is 0 Å². The van der Waals surface area contributed by atoms with E-state index in [2.05, 4.69) is 0 Å². The summed E-state index contributed by atoms with van der Waals surface area (Å²) in [5.41, 5.74) is 0. The molecule has 0 aromatic heterocycles. The van der Waals surface area contributed by atoms with Crippen LogP contribution in [0, 0.1) is 0 Å². The minimum absolute atomic E-state index is 0.277. The van der Waals surface area contributed by atoms with Crippen molar-refractivity contribution in [1.29, 1.82) is 0 Å². The second kappa shape index (κ2) is 6.60. The number of ketones is 2. The molecule has 0 radical (unpaired) electrons. The first-order valence-electron chi connectivity index (χ1n) is 3.92. The first kappa shape index (κ1) is 13.2. The second-order valence-electron chi connectivity index (χ2n) is 2.33. The molecule has 0 heterocycles. The van der Waals surface area contributed by atoms with E-state index in [1.807, 2.05) is 23.1 Å². The molecule has 14 heavy (non-hydrogen) atoms. The van der Waals surface area contributed by atoms with Crippen LogP contribution in [0.5, 0.6) is 0 Å². The van der Waals surface area contributed by atoms with E-state index in [4.69, 9.17) is 5.11 Å². The zero-order valence-corrected chi connectivity index (χ0v) is 9.71. The van der Waals surface area contributed by atoms with Crippen LogP contribution in [0.4, 0.5) is 0 Å². The Bertz CT molecular complexity index is 325. The standard InChI is InChI=1S/C5H5O4.2C2H4.Rh/c1-3(6)2-4(7)5(8)9;2*1-2;/h1-2H2,(H,8,9);2*1H,2H3;. The van der Waals surface area contributed by atoms with Gasteiger partial charge < -0.3 is 0 Å². The van der Waals surface area contributed by atoms with Gasteiger partial charge in [-0.1, -0.05) is 0 Å². The molecule has 0 fully saturated rings. The number of aliphatic carboxylic acids is 1. The Kier molecular flexibility index (Phi) is 6.21. The fourth-order valence-corrected chi connectivity index (χ4v) is 2.86. The van der Waals surface area contributed by atoms with Crippen molar-refractivity contribution in [3.8, 4) is 0 Å². The summed E-state index contributed by atoms with van der Waals surface area (Å²) in [7, 11) is 0. The minimum atomic E-state index is -1.53. The molecule has 0 aromatic rings. The van der Waals surface area contributed by atoms with Gasteiger partial charge in [0.2, 0.25) is 0 Å². The average molecular weight is 288 g/mol. The van der Waals surface area contributed by atoms with Crippen LogP contribution in [-0.4, -0.2) is 31.9 Å². The van der Waals surface area contributed by atoms with E-state index in [0.717, 1.165) is 0 Å². The summed E-state index contributed by atoms with van der Waals surface area (Å²) in [6.45, 7) is 3.75. The molecule has 0 saturated carbocycles. The number of carbonyl (C=O) groups is 3. The van der Waals surface area contributed by atoms with Gasteiger partial charge in [-0.3, -0.25) is 0 Å². The first-order valence-corrected chi connectivity index (χ1v) is 6.97. The molecule has 0 spiro atoms. The molecule has 0 aliphatic heterocycles. The van der Waals surface area contributed by atoms with Gasteiger partial charge in [0.1, 0.15) is 0 Å². The van der Waals surface area contributed by atoms with Gasteiger partial charge in [-0.05, 0) is 0 Å². The predicted octanol–water partition coefficient (Wildman–Crippen LogP) is 0.280. The van der Waals surface area contributed by atoms with Crippen molar-refractivity contribution in [2.75, 3.05) is 0 Å². The van der Waals surface area contributed by atoms with Crippen molar-refractivity contribution in [2.24, 2.45) is 0 Å². The van der Waals surface area contributed by atoms with E-state index < -0.39 is 33.2 Å². The van der Waals surface area contributed by atoms with Gasteiger partial charge in [0.05, 0.1) is 0 Å². The molecule has 0 atom stereocenters. The van der Waals surface area contributed by atoms with Crippen molar-refractivity contribution in [2.45, 2.75) is 25.3 Å². The normalized spacial score (nSPS) is 14.0. The molecular weight excluding hydrogens is 275 g/mol.